The van der Waals surface area contributed by atoms with E-state index in [9.17, 15) is 4.79 Å². The van der Waals surface area contributed by atoms with E-state index < -0.39 is 12.2 Å². The lowest BCUT2D eigenvalue weighted by molar-refractivity contribution is -0.145. The van der Waals surface area contributed by atoms with Crippen molar-refractivity contribution in [2.24, 2.45) is 0 Å². The first-order valence-corrected chi connectivity index (χ1v) is 3.42. The molecule has 0 aliphatic heterocycles. The van der Waals surface area contributed by atoms with Crippen LogP contribution in [0.3, 0.4) is 0 Å². The fraction of sp³-hybridized carbons (Fsp3) is 0.125. The molecule has 1 aromatic carbocycles. The van der Waals surface area contributed by atoms with Crippen LogP contribution in [-0.4, -0.2) is 22.4 Å². The Morgan fingerprint density at radius 3 is 2.42 bits per heavy atom. The van der Waals surface area contributed by atoms with E-state index in [2.05, 4.69) is 5.32 Å². The standard InChI is InChI=1S/C8H9NO3/c10-7(8(11)12)9-6-4-2-1-3-5-6/h1-5,7,9-10H,(H,11,12)/t7-/m0/s1. The van der Waals surface area contributed by atoms with Gasteiger partial charge in [-0.05, 0) is 12.1 Å². The minimum atomic E-state index is -1.55. The molecule has 0 heterocycles. The second-order valence-corrected chi connectivity index (χ2v) is 2.25. The zero-order valence-corrected chi connectivity index (χ0v) is 6.27. The number of aliphatic carboxylic acids is 1. The van der Waals surface area contributed by atoms with E-state index in [-0.39, 0.29) is 0 Å². The molecule has 0 radical (unpaired) electrons. The van der Waals surface area contributed by atoms with Crippen molar-refractivity contribution in [2.45, 2.75) is 6.23 Å². The van der Waals surface area contributed by atoms with E-state index in [1.54, 1.807) is 30.3 Å². The van der Waals surface area contributed by atoms with E-state index in [4.69, 9.17) is 10.2 Å². The molecule has 4 heteroatoms. The maximum Gasteiger partial charge on any atom is 0.353 e. The van der Waals surface area contributed by atoms with Crippen LogP contribution >= 0.6 is 0 Å². The summed E-state index contributed by atoms with van der Waals surface area (Å²) in [5, 5.41) is 19.6. The van der Waals surface area contributed by atoms with Gasteiger partial charge in [-0.15, -0.1) is 0 Å². The minimum Gasteiger partial charge on any atom is -0.478 e. The van der Waals surface area contributed by atoms with Crippen molar-refractivity contribution in [3.63, 3.8) is 0 Å². The number of hydrogen-bond acceptors (Lipinski definition) is 3. The number of hydrogen-bond donors (Lipinski definition) is 3. The fourth-order valence-electron chi connectivity index (χ4n) is 0.754. The van der Waals surface area contributed by atoms with Gasteiger partial charge in [0.2, 0.25) is 6.23 Å². The predicted molar refractivity (Wildman–Crippen MR) is 43.7 cm³/mol. The number of carboxylic acids is 1. The number of carboxylic acid groups (broad SMARTS) is 1. The normalized spacial score (nSPS) is 12.1. The predicted octanol–water partition coefficient (Wildman–Crippen LogP) is 0.501. The molecular formula is C8H9NO3. The van der Waals surface area contributed by atoms with Gasteiger partial charge in [-0.3, -0.25) is 0 Å². The van der Waals surface area contributed by atoms with Crippen molar-refractivity contribution < 1.29 is 15.0 Å². The largest absolute Gasteiger partial charge is 0.478 e. The van der Waals surface area contributed by atoms with Gasteiger partial charge >= 0.3 is 5.97 Å². The van der Waals surface area contributed by atoms with Crippen LogP contribution in [-0.2, 0) is 4.79 Å². The minimum absolute atomic E-state index is 0.576. The van der Waals surface area contributed by atoms with Crippen LogP contribution in [0.5, 0.6) is 0 Å². The van der Waals surface area contributed by atoms with Gasteiger partial charge in [0.05, 0.1) is 0 Å². The van der Waals surface area contributed by atoms with Gasteiger partial charge in [0.25, 0.3) is 0 Å². The zero-order valence-electron chi connectivity index (χ0n) is 6.27. The number of anilines is 1. The van der Waals surface area contributed by atoms with Crippen LogP contribution in [0.25, 0.3) is 0 Å². The van der Waals surface area contributed by atoms with Crippen molar-refractivity contribution in [1.82, 2.24) is 0 Å². The molecule has 0 fully saturated rings. The summed E-state index contributed by atoms with van der Waals surface area (Å²) < 4.78 is 0. The average molecular weight is 167 g/mol. The third-order valence-electron chi connectivity index (χ3n) is 1.31. The molecule has 64 valence electrons. The van der Waals surface area contributed by atoms with E-state index in [1.165, 1.54) is 0 Å². The Morgan fingerprint density at radius 1 is 1.33 bits per heavy atom. The van der Waals surface area contributed by atoms with Crippen LogP contribution in [0.2, 0.25) is 0 Å². The van der Waals surface area contributed by atoms with Gasteiger partial charge in [-0.2, -0.15) is 0 Å². The van der Waals surface area contributed by atoms with E-state index in [0.717, 1.165) is 0 Å². The molecule has 0 aromatic heterocycles. The lowest BCUT2D eigenvalue weighted by atomic mass is 10.3. The van der Waals surface area contributed by atoms with Crippen LogP contribution < -0.4 is 5.32 Å². The van der Waals surface area contributed by atoms with Crippen molar-refractivity contribution in [2.75, 3.05) is 5.32 Å². The second-order valence-electron chi connectivity index (χ2n) is 2.25. The number of carbonyl (C=O) groups is 1. The number of rotatable bonds is 3. The highest BCUT2D eigenvalue weighted by molar-refractivity contribution is 5.75. The maximum absolute atomic E-state index is 10.2. The summed E-state index contributed by atoms with van der Waals surface area (Å²) in [6.07, 6.45) is -1.55. The first kappa shape index (κ1) is 8.55. The molecule has 0 saturated heterocycles. The van der Waals surface area contributed by atoms with E-state index >= 15 is 0 Å². The van der Waals surface area contributed by atoms with Crippen LogP contribution in [0, 0.1) is 0 Å². The quantitative estimate of drug-likeness (QED) is 0.573. The molecule has 1 atom stereocenters. The highest BCUT2D eigenvalue weighted by atomic mass is 16.4. The number of aliphatic hydroxyl groups is 1. The van der Waals surface area contributed by atoms with Gasteiger partial charge < -0.3 is 15.5 Å². The highest BCUT2D eigenvalue weighted by Gasteiger charge is 2.11. The van der Waals surface area contributed by atoms with Gasteiger partial charge in [0.1, 0.15) is 0 Å². The second kappa shape index (κ2) is 3.73. The van der Waals surface area contributed by atoms with Gasteiger partial charge in [0, 0.05) is 5.69 Å². The summed E-state index contributed by atoms with van der Waals surface area (Å²) in [5.74, 6) is -1.29. The molecule has 4 nitrogen and oxygen atoms in total. The molecule has 1 aromatic rings. The number of para-hydroxylation sites is 1. The first-order chi connectivity index (χ1) is 5.70. The number of nitrogens with one attached hydrogen (secondary N) is 1. The van der Waals surface area contributed by atoms with Crippen LogP contribution in [0.15, 0.2) is 30.3 Å². The Labute approximate surface area is 69.5 Å². The molecule has 0 spiro atoms. The van der Waals surface area contributed by atoms with E-state index in [1.807, 2.05) is 0 Å². The van der Waals surface area contributed by atoms with Gasteiger partial charge in [-0.1, -0.05) is 18.2 Å². The summed E-state index contributed by atoms with van der Waals surface area (Å²) in [6, 6.07) is 8.64. The molecule has 0 saturated carbocycles. The topological polar surface area (TPSA) is 69.6 Å². The third-order valence-corrected chi connectivity index (χ3v) is 1.31. The molecule has 0 aliphatic rings. The lowest BCUT2D eigenvalue weighted by Crippen LogP contribution is -2.28. The monoisotopic (exact) mass is 167 g/mol. The zero-order chi connectivity index (χ0) is 8.97. The number of benzene rings is 1. The van der Waals surface area contributed by atoms with E-state index in [0.29, 0.717) is 5.69 Å². The maximum atomic E-state index is 10.2. The van der Waals surface area contributed by atoms with Crippen molar-refractivity contribution in [1.29, 1.82) is 0 Å². The average Bonchev–Trinajstić information content (AvgIpc) is 2.06. The Bertz CT molecular complexity index is 260. The summed E-state index contributed by atoms with van der Waals surface area (Å²) >= 11 is 0. The summed E-state index contributed by atoms with van der Waals surface area (Å²) in [5.41, 5.74) is 0.576. The number of aliphatic hydroxyl groups excluding tert-OH is 1. The van der Waals surface area contributed by atoms with Crippen molar-refractivity contribution in [3.05, 3.63) is 30.3 Å². The van der Waals surface area contributed by atoms with Crippen molar-refractivity contribution >= 4 is 11.7 Å². The summed E-state index contributed by atoms with van der Waals surface area (Å²) in [4.78, 5) is 10.2. The molecule has 12 heavy (non-hydrogen) atoms. The van der Waals surface area contributed by atoms with Crippen LogP contribution in [0.1, 0.15) is 0 Å². The summed E-state index contributed by atoms with van der Waals surface area (Å²) in [6.45, 7) is 0. The smallest absolute Gasteiger partial charge is 0.353 e. The molecule has 0 bridgehead atoms. The first-order valence-electron chi connectivity index (χ1n) is 3.42. The van der Waals surface area contributed by atoms with Gasteiger partial charge in [-0.25, -0.2) is 4.79 Å². The van der Waals surface area contributed by atoms with Gasteiger partial charge in [0.15, 0.2) is 0 Å². The third kappa shape index (κ3) is 2.25. The molecule has 1 rings (SSSR count). The molecule has 3 N–H and O–H groups in total. The Kier molecular flexibility index (Phi) is 2.66. The molecular weight excluding hydrogens is 158 g/mol. The fourth-order valence-corrected chi connectivity index (χ4v) is 0.754. The molecule has 0 aliphatic carbocycles. The Balaban J connectivity index is 2.58. The summed E-state index contributed by atoms with van der Waals surface area (Å²) in [7, 11) is 0. The highest BCUT2D eigenvalue weighted by Crippen LogP contribution is 2.05. The Morgan fingerprint density at radius 2 is 1.92 bits per heavy atom. The lowest BCUT2D eigenvalue weighted by Gasteiger charge is -2.08. The molecule has 0 unspecified atom stereocenters. The van der Waals surface area contributed by atoms with Crippen molar-refractivity contribution in [3.8, 4) is 0 Å². The molecule has 0 amide bonds. The van der Waals surface area contributed by atoms with Crippen LogP contribution in [0.4, 0.5) is 5.69 Å². The SMILES string of the molecule is O=C(O)[C@H](O)Nc1ccccc1. The Hall–Kier alpha value is -1.55.